The van der Waals surface area contributed by atoms with Crippen LogP contribution in [0.2, 0.25) is 0 Å². The molecule has 1 heterocycles. The highest BCUT2D eigenvalue weighted by Gasteiger charge is 2.35. The Morgan fingerprint density at radius 1 is 1.22 bits per heavy atom. The minimum atomic E-state index is -4.40. The van der Waals surface area contributed by atoms with Crippen LogP contribution in [0, 0.1) is 0 Å². The Morgan fingerprint density at radius 2 is 1.81 bits per heavy atom. The Labute approximate surface area is 157 Å². The summed E-state index contributed by atoms with van der Waals surface area (Å²) >= 11 is 0. The highest BCUT2D eigenvalue weighted by Crippen LogP contribution is 2.37. The number of hydrogen-bond acceptors (Lipinski definition) is 3. The van der Waals surface area contributed by atoms with Crippen molar-refractivity contribution in [2.75, 3.05) is 38.6 Å². The van der Waals surface area contributed by atoms with Crippen molar-refractivity contribution in [3.63, 3.8) is 0 Å². The Hall–Kier alpha value is -2.51. The molecule has 1 aliphatic rings. The van der Waals surface area contributed by atoms with Gasteiger partial charge in [0.25, 0.3) is 0 Å². The van der Waals surface area contributed by atoms with Gasteiger partial charge < -0.3 is 14.7 Å². The van der Waals surface area contributed by atoms with E-state index in [2.05, 4.69) is 6.58 Å². The lowest BCUT2D eigenvalue weighted by atomic mass is 10.0. The van der Waals surface area contributed by atoms with E-state index < -0.39 is 11.7 Å². The molecule has 1 aromatic rings. The summed E-state index contributed by atoms with van der Waals surface area (Å²) in [4.78, 5) is 28.4. The summed E-state index contributed by atoms with van der Waals surface area (Å²) in [5.41, 5.74) is -0.466. The van der Waals surface area contributed by atoms with Crippen LogP contribution in [-0.2, 0) is 15.8 Å². The van der Waals surface area contributed by atoms with E-state index in [1.807, 2.05) is 0 Å². The summed E-state index contributed by atoms with van der Waals surface area (Å²) in [5.74, 6) is -0.544. The molecular weight excluding hydrogens is 359 g/mol. The number of hydrogen-bond donors (Lipinski definition) is 0. The molecule has 1 saturated heterocycles. The summed E-state index contributed by atoms with van der Waals surface area (Å²) in [6, 6.07) is 5.47. The third-order valence-electron chi connectivity index (χ3n) is 4.88. The molecule has 0 aliphatic carbocycles. The van der Waals surface area contributed by atoms with E-state index >= 15 is 0 Å². The molecule has 0 radical (unpaired) electrons. The van der Waals surface area contributed by atoms with Gasteiger partial charge in [-0.25, -0.2) is 0 Å². The van der Waals surface area contributed by atoms with Crippen molar-refractivity contribution in [3.05, 3.63) is 42.5 Å². The lowest BCUT2D eigenvalue weighted by molar-refractivity contribution is -0.138. The maximum Gasteiger partial charge on any atom is 0.418 e. The van der Waals surface area contributed by atoms with Crippen LogP contribution in [0.15, 0.2) is 36.9 Å². The molecule has 27 heavy (non-hydrogen) atoms. The van der Waals surface area contributed by atoms with Gasteiger partial charge in [-0.1, -0.05) is 18.7 Å². The molecule has 2 amide bonds. The second-order valence-corrected chi connectivity index (χ2v) is 6.64. The molecule has 0 aromatic heterocycles. The number of rotatable bonds is 5. The molecule has 1 aliphatic heterocycles. The van der Waals surface area contributed by atoms with Crippen LogP contribution >= 0.6 is 0 Å². The maximum absolute atomic E-state index is 13.2. The third kappa shape index (κ3) is 5.02. The first-order chi connectivity index (χ1) is 12.6. The van der Waals surface area contributed by atoms with E-state index in [0.717, 1.165) is 12.1 Å². The number of piperidine rings is 1. The summed E-state index contributed by atoms with van der Waals surface area (Å²) in [6.45, 7) is 4.18. The molecule has 0 unspecified atom stereocenters. The minimum Gasteiger partial charge on any atom is -0.371 e. The molecule has 148 valence electrons. The van der Waals surface area contributed by atoms with E-state index in [-0.39, 0.29) is 30.1 Å². The van der Waals surface area contributed by atoms with Crippen molar-refractivity contribution in [1.82, 2.24) is 9.80 Å². The van der Waals surface area contributed by atoms with Crippen molar-refractivity contribution in [2.45, 2.75) is 25.1 Å². The molecule has 2 rings (SSSR count). The number of anilines is 1. The summed E-state index contributed by atoms with van der Waals surface area (Å²) in [6.07, 6.45) is -2.13. The SMILES string of the molecule is C=CC(=O)N(C)CC(=O)N(C)C1CCN(c2ccccc2C(F)(F)F)CC1. The van der Waals surface area contributed by atoms with E-state index in [1.54, 1.807) is 22.9 Å². The summed E-state index contributed by atoms with van der Waals surface area (Å²) in [5, 5.41) is 0. The van der Waals surface area contributed by atoms with Crippen LogP contribution in [0.3, 0.4) is 0 Å². The predicted molar refractivity (Wildman–Crippen MR) is 97.3 cm³/mol. The predicted octanol–water partition coefficient (Wildman–Crippen LogP) is 2.78. The Bertz CT molecular complexity index is 698. The van der Waals surface area contributed by atoms with Gasteiger partial charge in [0, 0.05) is 38.9 Å². The smallest absolute Gasteiger partial charge is 0.371 e. The number of alkyl halides is 3. The number of carbonyl (C=O) groups is 2. The van der Waals surface area contributed by atoms with Gasteiger partial charge in [-0.15, -0.1) is 0 Å². The first kappa shape index (κ1) is 20.8. The molecule has 5 nitrogen and oxygen atoms in total. The molecular formula is C19H24F3N3O2. The second-order valence-electron chi connectivity index (χ2n) is 6.64. The van der Waals surface area contributed by atoms with Crippen molar-refractivity contribution >= 4 is 17.5 Å². The number of benzene rings is 1. The number of nitrogens with zero attached hydrogens (tertiary/aromatic N) is 3. The largest absolute Gasteiger partial charge is 0.418 e. The van der Waals surface area contributed by atoms with Gasteiger partial charge >= 0.3 is 6.18 Å². The van der Waals surface area contributed by atoms with Crippen LogP contribution in [0.25, 0.3) is 0 Å². The number of carbonyl (C=O) groups excluding carboxylic acids is 2. The minimum absolute atomic E-state index is 0.0571. The van der Waals surface area contributed by atoms with Crippen molar-refractivity contribution < 1.29 is 22.8 Å². The van der Waals surface area contributed by atoms with E-state index in [1.165, 1.54) is 24.1 Å². The normalized spacial score (nSPS) is 15.4. The van der Waals surface area contributed by atoms with E-state index in [0.29, 0.717) is 25.9 Å². The van der Waals surface area contributed by atoms with Crippen LogP contribution < -0.4 is 4.90 Å². The maximum atomic E-state index is 13.2. The van der Waals surface area contributed by atoms with Crippen LogP contribution in [0.4, 0.5) is 18.9 Å². The molecule has 0 N–H and O–H groups in total. The van der Waals surface area contributed by atoms with Gasteiger partial charge in [-0.05, 0) is 31.1 Å². The van der Waals surface area contributed by atoms with Gasteiger partial charge in [-0.3, -0.25) is 9.59 Å². The van der Waals surface area contributed by atoms with E-state index in [9.17, 15) is 22.8 Å². The first-order valence-corrected chi connectivity index (χ1v) is 8.69. The second kappa shape index (κ2) is 8.45. The van der Waals surface area contributed by atoms with E-state index in [4.69, 9.17) is 0 Å². The molecule has 1 aromatic carbocycles. The highest BCUT2D eigenvalue weighted by molar-refractivity contribution is 5.90. The van der Waals surface area contributed by atoms with Crippen molar-refractivity contribution in [3.8, 4) is 0 Å². The quantitative estimate of drug-likeness (QED) is 0.735. The number of para-hydroxylation sites is 1. The topological polar surface area (TPSA) is 43.9 Å². The average molecular weight is 383 g/mol. The molecule has 1 fully saturated rings. The lowest BCUT2D eigenvalue weighted by Crippen LogP contribution is -2.48. The zero-order valence-electron chi connectivity index (χ0n) is 15.5. The van der Waals surface area contributed by atoms with Crippen LogP contribution in [-0.4, -0.2) is 61.4 Å². The third-order valence-corrected chi connectivity index (χ3v) is 4.88. The average Bonchev–Trinajstić information content (AvgIpc) is 2.66. The highest BCUT2D eigenvalue weighted by atomic mass is 19.4. The molecule has 0 spiro atoms. The Morgan fingerprint density at radius 3 is 2.37 bits per heavy atom. The molecule has 0 atom stereocenters. The van der Waals surface area contributed by atoms with Gasteiger partial charge in [0.05, 0.1) is 12.1 Å². The molecule has 0 saturated carbocycles. The summed E-state index contributed by atoms with van der Waals surface area (Å²) in [7, 11) is 3.19. The van der Waals surface area contributed by atoms with Crippen LogP contribution in [0.1, 0.15) is 18.4 Å². The Balaban J connectivity index is 1.98. The van der Waals surface area contributed by atoms with Gasteiger partial charge in [-0.2, -0.15) is 13.2 Å². The standard InChI is InChI=1S/C19H24F3N3O2/c1-4-17(26)23(2)13-18(27)24(3)14-9-11-25(12-10-14)16-8-6-5-7-15(16)19(20,21)22/h4-8,14H,1,9-13H2,2-3H3. The fourth-order valence-electron chi connectivity index (χ4n) is 3.23. The first-order valence-electron chi connectivity index (χ1n) is 8.69. The fraction of sp³-hybridized carbons (Fsp3) is 0.474. The Kier molecular flexibility index (Phi) is 6.51. The lowest BCUT2D eigenvalue weighted by Gasteiger charge is -2.39. The zero-order valence-corrected chi connectivity index (χ0v) is 15.5. The van der Waals surface area contributed by atoms with Crippen molar-refractivity contribution in [2.24, 2.45) is 0 Å². The van der Waals surface area contributed by atoms with Gasteiger partial charge in [0.2, 0.25) is 11.8 Å². The van der Waals surface area contributed by atoms with Gasteiger partial charge in [0.1, 0.15) is 0 Å². The number of likely N-dealkylation sites (N-methyl/N-ethyl adjacent to an activating group) is 2. The molecule has 8 heteroatoms. The van der Waals surface area contributed by atoms with Gasteiger partial charge in [0.15, 0.2) is 0 Å². The van der Waals surface area contributed by atoms with Crippen molar-refractivity contribution in [1.29, 1.82) is 0 Å². The number of amides is 2. The van der Waals surface area contributed by atoms with Crippen LogP contribution in [0.5, 0.6) is 0 Å². The fourth-order valence-corrected chi connectivity index (χ4v) is 3.23. The monoisotopic (exact) mass is 383 g/mol. The number of halogens is 3. The molecule has 0 bridgehead atoms. The summed E-state index contributed by atoms with van der Waals surface area (Å²) < 4.78 is 39.6. The zero-order chi connectivity index (χ0) is 20.2.